The van der Waals surface area contributed by atoms with Crippen LogP contribution in [0.5, 0.6) is 0 Å². The van der Waals surface area contributed by atoms with Gasteiger partial charge >= 0.3 is 0 Å². The summed E-state index contributed by atoms with van der Waals surface area (Å²) < 4.78 is 23.2. The molecule has 1 aliphatic rings. The van der Waals surface area contributed by atoms with Crippen molar-refractivity contribution < 1.29 is 8.42 Å². The summed E-state index contributed by atoms with van der Waals surface area (Å²) >= 11 is 0. The molecule has 0 fully saturated rings. The summed E-state index contributed by atoms with van der Waals surface area (Å²) in [7, 11) is -2.83. The first-order valence-electron chi connectivity index (χ1n) is 7.59. The van der Waals surface area contributed by atoms with Crippen molar-refractivity contribution >= 4 is 9.84 Å². The van der Waals surface area contributed by atoms with Crippen LogP contribution in [-0.4, -0.2) is 26.5 Å². The third kappa shape index (κ3) is 3.61. The maximum absolute atomic E-state index is 11.6. The summed E-state index contributed by atoms with van der Waals surface area (Å²) in [5, 5.41) is 3.56. The molecule has 0 heterocycles. The van der Waals surface area contributed by atoms with Gasteiger partial charge in [-0.1, -0.05) is 38.1 Å². The molecule has 20 heavy (non-hydrogen) atoms. The predicted molar refractivity (Wildman–Crippen MR) is 83.6 cm³/mol. The zero-order valence-corrected chi connectivity index (χ0v) is 13.2. The number of hydrogen-bond acceptors (Lipinski definition) is 3. The molecular formula is C16H25NO2S. The second-order valence-corrected chi connectivity index (χ2v) is 8.05. The molecule has 1 aliphatic carbocycles. The van der Waals surface area contributed by atoms with E-state index in [9.17, 15) is 8.42 Å². The molecule has 1 aromatic carbocycles. The van der Waals surface area contributed by atoms with E-state index in [1.807, 2.05) is 0 Å². The fourth-order valence-corrected chi connectivity index (χ4v) is 4.05. The van der Waals surface area contributed by atoms with Crippen LogP contribution in [0.15, 0.2) is 24.3 Å². The fourth-order valence-electron chi connectivity index (χ4n) is 3.15. The zero-order valence-electron chi connectivity index (χ0n) is 12.4. The second-order valence-electron chi connectivity index (χ2n) is 5.58. The lowest BCUT2D eigenvalue weighted by molar-refractivity contribution is 0.370. The van der Waals surface area contributed by atoms with E-state index in [0.717, 1.165) is 25.8 Å². The number of benzene rings is 1. The highest BCUT2D eigenvalue weighted by Gasteiger charge is 2.31. The molecule has 0 aliphatic heterocycles. The van der Waals surface area contributed by atoms with Crippen LogP contribution in [-0.2, 0) is 16.3 Å². The van der Waals surface area contributed by atoms with E-state index in [1.54, 1.807) is 6.92 Å². The first-order valence-corrected chi connectivity index (χ1v) is 9.41. The summed E-state index contributed by atoms with van der Waals surface area (Å²) in [6.45, 7) is 4.80. The van der Waals surface area contributed by atoms with Gasteiger partial charge in [0.1, 0.15) is 9.84 Å². The Kier molecular flexibility index (Phi) is 5.22. The topological polar surface area (TPSA) is 46.2 Å². The van der Waals surface area contributed by atoms with Crippen LogP contribution < -0.4 is 5.32 Å². The van der Waals surface area contributed by atoms with Crippen LogP contribution >= 0.6 is 0 Å². The Bertz CT molecular complexity index is 539. The Morgan fingerprint density at radius 2 is 2.00 bits per heavy atom. The molecule has 0 saturated carbocycles. The Morgan fingerprint density at radius 3 is 2.70 bits per heavy atom. The van der Waals surface area contributed by atoms with Crippen molar-refractivity contribution in [1.82, 2.24) is 5.32 Å². The van der Waals surface area contributed by atoms with Gasteiger partial charge in [-0.05, 0) is 42.9 Å². The maximum Gasteiger partial charge on any atom is 0.150 e. The summed E-state index contributed by atoms with van der Waals surface area (Å²) in [6.07, 6.45) is 2.82. The molecule has 2 unspecified atom stereocenters. The minimum absolute atomic E-state index is 0.258. The van der Waals surface area contributed by atoms with Gasteiger partial charge in [0.2, 0.25) is 0 Å². The van der Waals surface area contributed by atoms with E-state index in [-0.39, 0.29) is 5.75 Å². The Morgan fingerprint density at radius 1 is 1.25 bits per heavy atom. The summed E-state index contributed by atoms with van der Waals surface area (Å²) in [5.41, 5.74) is 2.82. The van der Waals surface area contributed by atoms with Crippen molar-refractivity contribution in [2.24, 2.45) is 5.92 Å². The van der Waals surface area contributed by atoms with Crippen molar-refractivity contribution in [3.05, 3.63) is 35.4 Å². The lowest BCUT2D eigenvalue weighted by Gasteiger charge is -2.21. The zero-order chi connectivity index (χ0) is 14.6. The molecule has 3 nitrogen and oxygen atoms in total. The van der Waals surface area contributed by atoms with Gasteiger partial charge in [0.25, 0.3) is 0 Å². The molecule has 0 saturated heterocycles. The molecule has 0 amide bonds. The number of hydrogen-bond donors (Lipinski definition) is 1. The highest BCUT2D eigenvalue weighted by atomic mass is 32.2. The van der Waals surface area contributed by atoms with Gasteiger partial charge in [-0.25, -0.2) is 8.42 Å². The SMILES string of the molecule is CCNC1c2ccccc2CC1CCCS(=O)(=O)CC. The molecule has 2 rings (SSSR count). The first-order chi connectivity index (χ1) is 9.57. The predicted octanol–water partition coefficient (Wildman–Crippen LogP) is 2.72. The molecule has 112 valence electrons. The van der Waals surface area contributed by atoms with E-state index < -0.39 is 9.84 Å². The summed E-state index contributed by atoms with van der Waals surface area (Å²) in [4.78, 5) is 0. The summed E-state index contributed by atoms with van der Waals surface area (Å²) in [5.74, 6) is 1.11. The van der Waals surface area contributed by atoms with E-state index in [1.165, 1.54) is 11.1 Å². The normalized spacial score (nSPS) is 21.9. The van der Waals surface area contributed by atoms with Crippen molar-refractivity contribution in [3.63, 3.8) is 0 Å². The maximum atomic E-state index is 11.6. The first kappa shape index (κ1) is 15.5. The highest BCUT2D eigenvalue weighted by molar-refractivity contribution is 7.91. The molecule has 0 spiro atoms. The average Bonchev–Trinajstić information content (AvgIpc) is 2.78. The van der Waals surface area contributed by atoms with Crippen molar-refractivity contribution in [2.45, 2.75) is 39.2 Å². The quantitative estimate of drug-likeness (QED) is 0.841. The smallest absolute Gasteiger partial charge is 0.150 e. The van der Waals surface area contributed by atoms with E-state index in [4.69, 9.17) is 0 Å². The van der Waals surface area contributed by atoms with Crippen LogP contribution in [0, 0.1) is 5.92 Å². The van der Waals surface area contributed by atoms with Crippen LogP contribution in [0.3, 0.4) is 0 Å². The van der Waals surface area contributed by atoms with Gasteiger partial charge in [-0.2, -0.15) is 0 Å². The third-order valence-corrected chi connectivity index (χ3v) is 6.03. The Hall–Kier alpha value is -0.870. The van der Waals surface area contributed by atoms with Crippen LogP contribution in [0.2, 0.25) is 0 Å². The third-order valence-electron chi connectivity index (χ3n) is 4.24. The number of fused-ring (bicyclic) bond motifs is 1. The number of sulfone groups is 1. The minimum Gasteiger partial charge on any atom is -0.310 e. The van der Waals surface area contributed by atoms with Crippen LogP contribution in [0.1, 0.15) is 43.9 Å². The molecule has 1 aromatic rings. The van der Waals surface area contributed by atoms with Gasteiger partial charge < -0.3 is 5.32 Å². The lowest BCUT2D eigenvalue weighted by Crippen LogP contribution is -2.25. The van der Waals surface area contributed by atoms with Crippen molar-refractivity contribution in [1.29, 1.82) is 0 Å². The van der Waals surface area contributed by atoms with Gasteiger partial charge in [-0.15, -0.1) is 0 Å². The van der Waals surface area contributed by atoms with Gasteiger partial charge in [0.05, 0.1) is 5.75 Å². The van der Waals surface area contributed by atoms with Crippen molar-refractivity contribution in [3.8, 4) is 0 Å². The molecule has 1 N–H and O–H groups in total. The highest BCUT2D eigenvalue weighted by Crippen LogP contribution is 2.38. The molecular weight excluding hydrogens is 270 g/mol. The molecule has 4 heteroatoms. The molecule has 2 atom stereocenters. The molecule has 0 radical (unpaired) electrons. The Balaban J connectivity index is 1.99. The van der Waals surface area contributed by atoms with Crippen LogP contribution in [0.25, 0.3) is 0 Å². The standard InChI is InChI=1S/C16H25NO2S/c1-3-17-16-14(9-7-11-20(18,19)4-2)12-13-8-5-6-10-15(13)16/h5-6,8,10,14,16-17H,3-4,7,9,11-12H2,1-2H3. The minimum atomic E-state index is -2.83. The van der Waals surface area contributed by atoms with Gasteiger partial charge in [0.15, 0.2) is 0 Å². The summed E-state index contributed by atoms with van der Waals surface area (Å²) in [6, 6.07) is 8.97. The van der Waals surface area contributed by atoms with E-state index in [2.05, 4.69) is 36.5 Å². The Labute approximate surface area is 122 Å². The lowest BCUT2D eigenvalue weighted by atomic mass is 9.95. The van der Waals surface area contributed by atoms with Gasteiger partial charge in [0, 0.05) is 11.8 Å². The monoisotopic (exact) mass is 295 g/mol. The number of nitrogens with one attached hydrogen (secondary N) is 1. The van der Waals surface area contributed by atoms with E-state index >= 15 is 0 Å². The fraction of sp³-hybridized carbons (Fsp3) is 0.625. The van der Waals surface area contributed by atoms with Gasteiger partial charge in [-0.3, -0.25) is 0 Å². The average molecular weight is 295 g/mol. The second kappa shape index (κ2) is 6.72. The van der Waals surface area contributed by atoms with Crippen LogP contribution in [0.4, 0.5) is 0 Å². The largest absolute Gasteiger partial charge is 0.310 e. The number of rotatable bonds is 7. The van der Waals surface area contributed by atoms with Crippen molar-refractivity contribution in [2.75, 3.05) is 18.1 Å². The molecule has 0 bridgehead atoms. The van der Waals surface area contributed by atoms with E-state index in [0.29, 0.717) is 17.7 Å². The molecule has 0 aromatic heterocycles.